The van der Waals surface area contributed by atoms with Gasteiger partial charge in [-0.05, 0) is 38.4 Å². The lowest BCUT2D eigenvalue weighted by Gasteiger charge is -2.12. The lowest BCUT2D eigenvalue weighted by atomic mass is 10.1. The molecule has 2 atom stereocenters. The van der Waals surface area contributed by atoms with E-state index in [1.165, 1.54) is 11.8 Å². The molecule has 0 N–H and O–H groups in total. The number of ether oxygens (including phenoxy) is 1. The third-order valence-corrected chi connectivity index (χ3v) is 3.51. The summed E-state index contributed by atoms with van der Waals surface area (Å²) in [5, 5.41) is 0.0382. The van der Waals surface area contributed by atoms with Crippen molar-refractivity contribution >= 4 is 34.1 Å². The van der Waals surface area contributed by atoms with E-state index in [0.29, 0.717) is 22.5 Å². The van der Waals surface area contributed by atoms with E-state index in [1.807, 2.05) is 13.8 Å². The van der Waals surface area contributed by atoms with Crippen LogP contribution in [-0.2, 0) is 9.53 Å². The van der Waals surface area contributed by atoms with Crippen LogP contribution < -0.4 is 0 Å². The van der Waals surface area contributed by atoms with Crippen molar-refractivity contribution in [2.24, 2.45) is 5.92 Å². The smallest absolute Gasteiger partial charge is 0.220 e. The van der Waals surface area contributed by atoms with E-state index in [-0.39, 0.29) is 11.4 Å². The number of thiocarbonyl (C=S) groups is 1. The van der Waals surface area contributed by atoms with Crippen molar-refractivity contribution in [2.45, 2.75) is 45.0 Å². The molecule has 2 nitrogen and oxygen atoms in total. The molecule has 0 saturated heterocycles. The van der Waals surface area contributed by atoms with Gasteiger partial charge in [0.25, 0.3) is 0 Å². The van der Waals surface area contributed by atoms with Gasteiger partial charge >= 0.3 is 0 Å². The second-order valence-electron chi connectivity index (χ2n) is 4.03. The van der Waals surface area contributed by atoms with Gasteiger partial charge in [0.2, 0.25) is 4.38 Å². The normalized spacial score (nSPS) is 27.0. The molecule has 80 valence electrons. The average Bonchev–Trinajstić information content (AvgIpc) is 2.28. The van der Waals surface area contributed by atoms with E-state index in [1.54, 1.807) is 0 Å². The van der Waals surface area contributed by atoms with Gasteiger partial charge in [0.1, 0.15) is 5.78 Å². The van der Waals surface area contributed by atoms with Crippen LogP contribution in [0.25, 0.3) is 0 Å². The molecule has 1 aliphatic carbocycles. The summed E-state index contributed by atoms with van der Waals surface area (Å²) in [5.74, 6) is 0.819. The van der Waals surface area contributed by atoms with Crippen molar-refractivity contribution in [1.82, 2.24) is 0 Å². The van der Waals surface area contributed by atoms with Crippen molar-refractivity contribution in [3.05, 3.63) is 0 Å². The summed E-state index contributed by atoms with van der Waals surface area (Å²) in [5.41, 5.74) is 0. The molecular weight excluding hydrogens is 216 g/mol. The van der Waals surface area contributed by atoms with Gasteiger partial charge in [0, 0.05) is 6.42 Å². The van der Waals surface area contributed by atoms with Crippen molar-refractivity contribution in [1.29, 1.82) is 0 Å². The Labute approximate surface area is 94.8 Å². The molecule has 2 unspecified atom stereocenters. The first kappa shape index (κ1) is 12.0. The third-order valence-electron chi connectivity index (χ3n) is 2.10. The van der Waals surface area contributed by atoms with E-state index in [9.17, 15) is 4.79 Å². The van der Waals surface area contributed by atoms with Gasteiger partial charge in [0.15, 0.2) is 0 Å². The van der Waals surface area contributed by atoms with Gasteiger partial charge in [-0.1, -0.05) is 18.7 Å². The fraction of sp³-hybridized carbons (Fsp3) is 0.800. The Morgan fingerprint density at radius 2 is 2.29 bits per heavy atom. The summed E-state index contributed by atoms with van der Waals surface area (Å²) in [7, 11) is 0. The molecule has 0 radical (unpaired) electrons. The highest BCUT2D eigenvalue weighted by Gasteiger charge is 2.31. The minimum absolute atomic E-state index is 0.0382. The summed E-state index contributed by atoms with van der Waals surface area (Å²) in [6.45, 7) is 5.97. The monoisotopic (exact) mass is 232 g/mol. The molecule has 0 aromatic heterocycles. The Morgan fingerprint density at radius 3 is 2.71 bits per heavy atom. The Kier molecular flexibility index (Phi) is 4.38. The van der Waals surface area contributed by atoms with Crippen LogP contribution in [-0.4, -0.2) is 21.5 Å². The first-order valence-corrected chi connectivity index (χ1v) is 6.17. The molecule has 4 heteroatoms. The SMILES string of the molecule is CC1CC(=O)C(SC(=S)OC(C)C)C1. The number of rotatable bonds is 2. The summed E-state index contributed by atoms with van der Waals surface area (Å²) in [4.78, 5) is 11.5. The van der Waals surface area contributed by atoms with Crippen LogP contribution in [0.4, 0.5) is 0 Å². The highest BCUT2D eigenvalue weighted by Crippen LogP contribution is 2.32. The number of thioether (sulfide) groups is 1. The Morgan fingerprint density at radius 1 is 1.64 bits per heavy atom. The summed E-state index contributed by atoms with van der Waals surface area (Å²) < 4.78 is 5.84. The first-order chi connectivity index (χ1) is 6.49. The second-order valence-corrected chi connectivity index (χ2v) is 5.84. The van der Waals surface area contributed by atoms with Crippen LogP contribution >= 0.6 is 24.0 Å². The summed E-state index contributed by atoms with van der Waals surface area (Å²) in [6, 6.07) is 0. The van der Waals surface area contributed by atoms with Gasteiger partial charge < -0.3 is 4.74 Å². The highest BCUT2D eigenvalue weighted by atomic mass is 32.2. The molecule has 1 fully saturated rings. The molecule has 0 aromatic rings. The zero-order valence-corrected chi connectivity index (χ0v) is 10.4. The number of carbonyl (C=O) groups is 1. The fourth-order valence-corrected chi connectivity index (χ4v) is 3.18. The van der Waals surface area contributed by atoms with E-state index >= 15 is 0 Å². The van der Waals surface area contributed by atoms with Crippen LogP contribution in [0.2, 0.25) is 0 Å². The average molecular weight is 232 g/mol. The maximum atomic E-state index is 11.5. The number of ketones is 1. The molecule has 0 aliphatic heterocycles. The van der Waals surface area contributed by atoms with Gasteiger partial charge in [0.05, 0.1) is 11.4 Å². The Balaban J connectivity index is 2.37. The van der Waals surface area contributed by atoms with E-state index in [0.717, 1.165) is 6.42 Å². The lowest BCUT2D eigenvalue weighted by Crippen LogP contribution is -2.14. The van der Waals surface area contributed by atoms with Gasteiger partial charge in [-0.3, -0.25) is 4.79 Å². The molecule has 0 amide bonds. The van der Waals surface area contributed by atoms with E-state index < -0.39 is 0 Å². The van der Waals surface area contributed by atoms with Gasteiger partial charge in [-0.15, -0.1) is 0 Å². The van der Waals surface area contributed by atoms with Crippen molar-refractivity contribution < 1.29 is 9.53 Å². The molecule has 1 rings (SSSR count). The number of hydrogen-bond donors (Lipinski definition) is 0. The Bertz CT molecular complexity index is 238. The topological polar surface area (TPSA) is 26.3 Å². The number of hydrogen-bond acceptors (Lipinski definition) is 4. The summed E-state index contributed by atoms with van der Waals surface area (Å²) in [6.07, 6.45) is 1.73. The minimum Gasteiger partial charge on any atom is -0.476 e. The fourth-order valence-electron chi connectivity index (χ4n) is 1.51. The first-order valence-electron chi connectivity index (χ1n) is 4.89. The van der Waals surface area contributed by atoms with Gasteiger partial charge in [-0.2, -0.15) is 0 Å². The van der Waals surface area contributed by atoms with Crippen LogP contribution in [0.5, 0.6) is 0 Å². The zero-order chi connectivity index (χ0) is 10.7. The quantitative estimate of drug-likeness (QED) is 0.684. The van der Waals surface area contributed by atoms with Crippen molar-refractivity contribution in [3.8, 4) is 0 Å². The number of carbonyl (C=O) groups excluding carboxylic acids is 1. The molecule has 0 heterocycles. The van der Waals surface area contributed by atoms with Crippen LogP contribution in [0.3, 0.4) is 0 Å². The van der Waals surface area contributed by atoms with Crippen LogP contribution in [0.15, 0.2) is 0 Å². The highest BCUT2D eigenvalue weighted by molar-refractivity contribution is 8.23. The second kappa shape index (κ2) is 5.12. The lowest BCUT2D eigenvalue weighted by molar-refractivity contribution is -0.117. The molecule has 0 aromatic carbocycles. The zero-order valence-electron chi connectivity index (χ0n) is 8.78. The Hall–Kier alpha value is -0.0900. The summed E-state index contributed by atoms with van der Waals surface area (Å²) >= 11 is 6.45. The molecule has 0 spiro atoms. The maximum absolute atomic E-state index is 11.5. The predicted molar refractivity (Wildman–Crippen MR) is 63.6 cm³/mol. The van der Waals surface area contributed by atoms with E-state index in [2.05, 4.69) is 6.92 Å². The third kappa shape index (κ3) is 3.58. The predicted octanol–water partition coefficient (Wildman–Crippen LogP) is 2.80. The van der Waals surface area contributed by atoms with Crippen molar-refractivity contribution in [2.75, 3.05) is 0 Å². The molecular formula is C10H16O2S2. The maximum Gasteiger partial charge on any atom is 0.220 e. The minimum atomic E-state index is 0.0382. The van der Waals surface area contributed by atoms with Crippen molar-refractivity contribution in [3.63, 3.8) is 0 Å². The standard InChI is InChI=1S/C10H16O2S2/c1-6(2)12-10(13)14-9-5-7(3)4-8(9)11/h6-7,9H,4-5H2,1-3H3. The number of Topliss-reactive ketones (excluding diaryl/α,β-unsaturated/α-hetero) is 1. The molecule has 14 heavy (non-hydrogen) atoms. The van der Waals surface area contributed by atoms with E-state index in [4.69, 9.17) is 17.0 Å². The molecule has 0 bridgehead atoms. The molecule has 1 saturated carbocycles. The van der Waals surface area contributed by atoms with Crippen LogP contribution in [0, 0.1) is 5.92 Å². The molecule has 1 aliphatic rings. The van der Waals surface area contributed by atoms with Gasteiger partial charge in [-0.25, -0.2) is 0 Å². The van der Waals surface area contributed by atoms with Crippen LogP contribution in [0.1, 0.15) is 33.6 Å². The largest absolute Gasteiger partial charge is 0.476 e.